The van der Waals surface area contributed by atoms with E-state index in [4.69, 9.17) is 0 Å². The Kier molecular flexibility index (Phi) is 3.90. The first-order valence-corrected chi connectivity index (χ1v) is 6.19. The third-order valence-electron chi connectivity index (χ3n) is 3.00. The molecule has 1 unspecified atom stereocenters. The average Bonchev–Trinajstić information content (AvgIpc) is 2.40. The van der Waals surface area contributed by atoms with Gasteiger partial charge in [0.05, 0.1) is 5.92 Å². The quantitative estimate of drug-likeness (QED) is 0.913. The lowest BCUT2D eigenvalue weighted by atomic mass is 9.90. The van der Waals surface area contributed by atoms with Crippen LogP contribution in [-0.2, 0) is 4.79 Å². The van der Waals surface area contributed by atoms with Crippen LogP contribution in [0.5, 0.6) is 0 Å². The molecule has 2 aromatic rings. The second kappa shape index (κ2) is 5.61. The zero-order valence-corrected chi connectivity index (χ0v) is 10.9. The minimum atomic E-state index is -0.842. The Morgan fingerprint density at radius 1 is 1.11 bits per heavy atom. The van der Waals surface area contributed by atoms with Gasteiger partial charge < -0.3 is 5.11 Å². The molecule has 0 saturated heterocycles. The average molecular weight is 256 g/mol. The lowest BCUT2D eigenvalue weighted by Gasteiger charge is -2.15. The van der Waals surface area contributed by atoms with Crippen molar-refractivity contribution in [2.24, 2.45) is 5.92 Å². The molecule has 0 spiro atoms. The fourth-order valence-corrected chi connectivity index (χ4v) is 2.05. The maximum atomic E-state index is 11.2. The molecular weight excluding hydrogens is 240 g/mol. The van der Waals surface area contributed by atoms with E-state index in [2.05, 4.69) is 9.97 Å². The number of aliphatic carboxylic acids is 1. The van der Waals surface area contributed by atoms with Crippen LogP contribution in [0.1, 0.15) is 25.3 Å². The van der Waals surface area contributed by atoms with Crippen LogP contribution < -0.4 is 0 Å². The second-order valence-corrected chi connectivity index (χ2v) is 4.77. The smallest absolute Gasteiger partial charge is 0.311 e. The summed E-state index contributed by atoms with van der Waals surface area (Å²) in [6, 6.07) is 9.61. The number of aromatic nitrogens is 2. The highest BCUT2D eigenvalue weighted by Gasteiger charge is 2.24. The highest BCUT2D eigenvalue weighted by molar-refractivity contribution is 5.76. The Balaban J connectivity index is 2.30. The standard InChI is InChI=1S/C15H16N2O2/c1-10(2)13(15(18)19)12-8-16-14(17-9-12)11-6-4-3-5-7-11/h3-10,13H,1-2H3,(H,18,19). The van der Waals surface area contributed by atoms with E-state index >= 15 is 0 Å². The summed E-state index contributed by atoms with van der Waals surface area (Å²) >= 11 is 0. The van der Waals surface area contributed by atoms with Crippen molar-refractivity contribution >= 4 is 5.97 Å². The minimum Gasteiger partial charge on any atom is -0.481 e. The Morgan fingerprint density at radius 2 is 1.68 bits per heavy atom. The summed E-state index contributed by atoms with van der Waals surface area (Å²) < 4.78 is 0. The SMILES string of the molecule is CC(C)C(C(=O)O)c1cnc(-c2ccccc2)nc1. The van der Waals surface area contributed by atoms with Crippen LogP contribution in [0.4, 0.5) is 0 Å². The molecule has 98 valence electrons. The molecule has 0 aliphatic heterocycles. The molecule has 1 N–H and O–H groups in total. The molecule has 0 amide bonds. The second-order valence-electron chi connectivity index (χ2n) is 4.77. The van der Waals surface area contributed by atoms with E-state index in [1.165, 1.54) is 0 Å². The molecule has 0 aliphatic carbocycles. The van der Waals surface area contributed by atoms with Gasteiger partial charge in [0, 0.05) is 23.5 Å². The van der Waals surface area contributed by atoms with Gasteiger partial charge in [0.1, 0.15) is 0 Å². The number of carboxylic acids is 1. The molecule has 2 rings (SSSR count). The number of nitrogens with zero attached hydrogens (tertiary/aromatic N) is 2. The van der Waals surface area contributed by atoms with E-state index in [0.29, 0.717) is 11.4 Å². The number of hydrogen-bond donors (Lipinski definition) is 1. The predicted octanol–water partition coefficient (Wildman–Crippen LogP) is 2.97. The predicted molar refractivity (Wildman–Crippen MR) is 72.7 cm³/mol. The Hall–Kier alpha value is -2.23. The molecule has 0 fully saturated rings. The van der Waals surface area contributed by atoms with Crippen molar-refractivity contribution in [1.29, 1.82) is 0 Å². The first-order chi connectivity index (χ1) is 9.09. The minimum absolute atomic E-state index is 0.00340. The summed E-state index contributed by atoms with van der Waals surface area (Å²) in [6.07, 6.45) is 3.21. The molecular formula is C15H16N2O2. The normalized spacial score (nSPS) is 12.4. The molecule has 1 heterocycles. The van der Waals surface area contributed by atoms with Crippen LogP contribution in [0.2, 0.25) is 0 Å². The summed E-state index contributed by atoms with van der Waals surface area (Å²) in [4.78, 5) is 19.8. The van der Waals surface area contributed by atoms with Gasteiger partial charge in [0.15, 0.2) is 5.82 Å². The molecule has 1 aromatic heterocycles. The number of rotatable bonds is 4. The van der Waals surface area contributed by atoms with Crippen LogP contribution in [0, 0.1) is 5.92 Å². The number of hydrogen-bond acceptors (Lipinski definition) is 3. The van der Waals surface area contributed by atoms with Gasteiger partial charge in [0.25, 0.3) is 0 Å². The summed E-state index contributed by atoms with van der Waals surface area (Å²) in [5.74, 6) is -0.795. The lowest BCUT2D eigenvalue weighted by Crippen LogP contribution is -2.18. The molecule has 4 nitrogen and oxygen atoms in total. The molecule has 0 bridgehead atoms. The number of carboxylic acid groups (broad SMARTS) is 1. The van der Waals surface area contributed by atoms with E-state index in [9.17, 15) is 9.90 Å². The molecule has 19 heavy (non-hydrogen) atoms. The third kappa shape index (κ3) is 2.96. The topological polar surface area (TPSA) is 63.1 Å². The van der Waals surface area contributed by atoms with Gasteiger partial charge in [0.2, 0.25) is 0 Å². The van der Waals surface area contributed by atoms with Crippen molar-refractivity contribution in [2.75, 3.05) is 0 Å². The highest BCUT2D eigenvalue weighted by atomic mass is 16.4. The van der Waals surface area contributed by atoms with Crippen LogP contribution in [0.3, 0.4) is 0 Å². The first-order valence-electron chi connectivity index (χ1n) is 6.19. The Morgan fingerprint density at radius 3 is 2.16 bits per heavy atom. The maximum Gasteiger partial charge on any atom is 0.311 e. The van der Waals surface area contributed by atoms with Crippen molar-refractivity contribution in [3.8, 4) is 11.4 Å². The fourth-order valence-electron chi connectivity index (χ4n) is 2.05. The molecule has 0 radical (unpaired) electrons. The van der Waals surface area contributed by atoms with Crippen LogP contribution in [0.15, 0.2) is 42.7 Å². The Bertz CT molecular complexity index is 550. The summed E-state index contributed by atoms with van der Waals surface area (Å²) in [7, 11) is 0. The van der Waals surface area contributed by atoms with E-state index < -0.39 is 11.9 Å². The number of benzene rings is 1. The zero-order valence-electron chi connectivity index (χ0n) is 10.9. The molecule has 0 saturated carbocycles. The largest absolute Gasteiger partial charge is 0.481 e. The maximum absolute atomic E-state index is 11.2. The van der Waals surface area contributed by atoms with Gasteiger partial charge in [-0.2, -0.15) is 0 Å². The van der Waals surface area contributed by atoms with Gasteiger partial charge in [-0.15, -0.1) is 0 Å². The highest BCUT2D eigenvalue weighted by Crippen LogP contribution is 2.24. The lowest BCUT2D eigenvalue weighted by molar-refractivity contribution is -0.139. The van der Waals surface area contributed by atoms with E-state index in [-0.39, 0.29) is 5.92 Å². The zero-order chi connectivity index (χ0) is 13.8. The van der Waals surface area contributed by atoms with Gasteiger partial charge in [-0.1, -0.05) is 44.2 Å². The van der Waals surface area contributed by atoms with Gasteiger partial charge in [-0.25, -0.2) is 9.97 Å². The van der Waals surface area contributed by atoms with E-state index in [1.807, 2.05) is 44.2 Å². The van der Waals surface area contributed by atoms with Crippen molar-refractivity contribution < 1.29 is 9.90 Å². The first kappa shape index (κ1) is 13.2. The van der Waals surface area contributed by atoms with E-state index in [1.54, 1.807) is 12.4 Å². The van der Waals surface area contributed by atoms with Crippen LogP contribution >= 0.6 is 0 Å². The van der Waals surface area contributed by atoms with Crippen molar-refractivity contribution in [3.05, 3.63) is 48.3 Å². The van der Waals surface area contributed by atoms with Gasteiger partial charge in [-0.05, 0) is 5.92 Å². The molecule has 4 heteroatoms. The number of carbonyl (C=O) groups is 1. The fraction of sp³-hybridized carbons (Fsp3) is 0.267. The van der Waals surface area contributed by atoms with Crippen molar-refractivity contribution in [1.82, 2.24) is 9.97 Å². The Labute approximate surface area is 112 Å². The van der Waals surface area contributed by atoms with Crippen LogP contribution in [-0.4, -0.2) is 21.0 Å². The monoisotopic (exact) mass is 256 g/mol. The van der Waals surface area contributed by atoms with Gasteiger partial charge >= 0.3 is 5.97 Å². The third-order valence-corrected chi connectivity index (χ3v) is 3.00. The van der Waals surface area contributed by atoms with Crippen LogP contribution in [0.25, 0.3) is 11.4 Å². The van der Waals surface area contributed by atoms with Crippen molar-refractivity contribution in [3.63, 3.8) is 0 Å². The summed E-state index contributed by atoms with van der Waals surface area (Å²) in [5.41, 5.74) is 1.56. The van der Waals surface area contributed by atoms with Crippen molar-refractivity contribution in [2.45, 2.75) is 19.8 Å². The molecule has 0 aliphatic rings. The summed E-state index contributed by atoms with van der Waals surface area (Å²) in [6.45, 7) is 3.76. The summed E-state index contributed by atoms with van der Waals surface area (Å²) in [5, 5.41) is 9.23. The molecule has 1 atom stereocenters. The van der Waals surface area contributed by atoms with Gasteiger partial charge in [-0.3, -0.25) is 4.79 Å². The molecule has 1 aromatic carbocycles. The van der Waals surface area contributed by atoms with E-state index in [0.717, 1.165) is 5.56 Å².